The monoisotopic (exact) mass is 471 g/mol. The summed E-state index contributed by atoms with van der Waals surface area (Å²) >= 11 is 0. The molecule has 0 saturated heterocycles. The average Bonchev–Trinajstić information content (AvgIpc) is 2.63. The van der Waals surface area contributed by atoms with Crippen molar-refractivity contribution in [2.45, 2.75) is 90.9 Å². The van der Waals surface area contributed by atoms with E-state index in [1.807, 2.05) is 6.08 Å². The van der Waals surface area contributed by atoms with Gasteiger partial charge in [0.05, 0.1) is 17.9 Å². The summed E-state index contributed by atoms with van der Waals surface area (Å²) in [7, 11) is -2.20. The van der Waals surface area contributed by atoms with Crippen molar-refractivity contribution < 1.29 is 27.1 Å². The van der Waals surface area contributed by atoms with Gasteiger partial charge in [-0.25, -0.2) is 4.79 Å². The van der Waals surface area contributed by atoms with Crippen LogP contribution in [0.1, 0.15) is 71.1 Å². The van der Waals surface area contributed by atoms with E-state index in [0.717, 1.165) is 25.0 Å². The molecule has 0 N–H and O–H groups in total. The molecule has 0 unspecified atom stereocenters. The second-order valence-electron chi connectivity index (χ2n) is 10.8. The molecule has 32 heavy (non-hydrogen) atoms. The molecule has 4 nitrogen and oxygen atoms in total. The van der Waals surface area contributed by atoms with Gasteiger partial charge in [0.1, 0.15) is 5.60 Å². The molecule has 1 aromatic rings. The number of carbonyl (C=O) groups is 1. The fourth-order valence-electron chi connectivity index (χ4n) is 3.09. The van der Waals surface area contributed by atoms with E-state index in [-0.39, 0.29) is 11.6 Å². The van der Waals surface area contributed by atoms with Crippen LogP contribution in [0.3, 0.4) is 0 Å². The van der Waals surface area contributed by atoms with Gasteiger partial charge in [0.2, 0.25) is 0 Å². The van der Waals surface area contributed by atoms with E-state index >= 15 is 0 Å². The van der Waals surface area contributed by atoms with Gasteiger partial charge in [0, 0.05) is 12.1 Å². The molecule has 0 atom stereocenters. The third-order valence-corrected chi connectivity index (χ3v) is 10.4. The van der Waals surface area contributed by atoms with Crippen molar-refractivity contribution >= 4 is 20.1 Å². The lowest BCUT2D eigenvalue weighted by Crippen LogP contribution is -2.40. The standard InChI is InChI=1S/C24H36F3NO3Si/c1-22(2,3)31-21(29)28-14-10-9-11-20(28)19-13-12-18(24(25,26)27)15-17(19)16-30-32(7,8)23(4,5)6/h11-13,15H,9-10,14,16H2,1-8H3. The molecule has 1 aliphatic rings. The molecule has 180 valence electrons. The van der Waals surface area contributed by atoms with Crippen LogP contribution in [0, 0.1) is 0 Å². The van der Waals surface area contributed by atoms with Crippen LogP contribution < -0.4 is 0 Å². The minimum absolute atomic E-state index is 0.0508. The van der Waals surface area contributed by atoms with Crippen molar-refractivity contribution in [3.63, 3.8) is 0 Å². The van der Waals surface area contributed by atoms with Crippen LogP contribution in [-0.4, -0.2) is 31.5 Å². The Kier molecular flexibility index (Phi) is 7.61. The largest absolute Gasteiger partial charge is 0.443 e. The van der Waals surface area contributed by atoms with Gasteiger partial charge in [-0.3, -0.25) is 4.90 Å². The summed E-state index contributed by atoms with van der Waals surface area (Å²) in [4.78, 5) is 14.4. The Hall–Kier alpha value is -1.80. The van der Waals surface area contributed by atoms with Crippen molar-refractivity contribution in [3.05, 3.63) is 41.0 Å². The van der Waals surface area contributed by atoms with Crippen LogP contribution in [-0.2, 0) is 21.9 Å². The minimum atomic E-state index is -4.46. The highest BCUT2D eigenvalue weighted by Crippen LogP contribution is 2.39. The molecular weight excluding hydrogens is 435 g/mol. The molecule has 2 rings (SSSR count). The van der Waals surface area contributed by atoms with Crippen molar-refractivity contribution in [2.24, 2.45) is 0 Å². The fourth-order valence-corrected chi connectivity index (χ4v) is 4.04. The first-order valence-electron chi connectivity index (χ1n) is 11.0. The molecule has 0 radical (unpaired) electrons. The van der Waals surface area contributed by atoms with E-state index in [9.17, 15) is 18.0 Å². The average molecular weight is 472 g/mol. The molecule has 0 fully saturated rings. The normalized spacial score (nSPS) is 16.1. The van der Waals surface area contributed by atoms with Crippen molar-refractivity contribution in [1.29, 1.82) is 0 Å². The number of alkyl halides is 3. The maximum atomic E-state index is 13.5. The van der Waals surface area contributed by atoms with Gasteiger partial charge in [0.25, 0.3) is 0 Å². The Labute approximate surface area is 190 Å². The maximum Gasteiger partial charge on any atom is 0.416 e. The molecule has 0 spiro atoms. The lowest BCUT2D eigenvalue weighted by atomic mass is 9.98. The quantitative estimate of drug-likeness (QED) is 0.424. The van der Waals surface area contributed by atoms with Crippen LogP contribution in [0.4, 0.5) is 18.0 Å². The molecule has 0 aromatic heterocycles. The molecule has 8 heteroatoms. The van der Waals surface area contributed by atoms with Crippen LogP contribution in [0.25, 0.3) is 5.70 Å². The number of amides is 1. The second-order valence-corrected chi connectivity index (χ2v) is 15.6. The van der Waals surface area contributed by atoms with E-state index in [1.54, 1.807) is 20.8 Å². The summed E-state index contributed by atoms with van der Waals surface area (Å²) in [5.74, 6) is 0. The van der Waals surface area contributed by atoms with E-state index < -0.39 is 31.8 Å². The highest BCUT2D eigenvalue weighted by atomic mass is 28.4. The van der Waals surface area contributed by atoms with Crippen LogP contribution in [0.5, 0.6) is 0 Å². The topological polar surface area (TPSA) is 38.8 Å². The van der Waals surface area contributed by atoms with E-state index in [1.165, 1.54) is 11.0 Å². The molecular formula is C24H36F3NO3Si. The zero-order chi connectivity index (χ0) is 24.5. The number of halogens is 3. The first-order chi connectivity index (χ1) is 14.4. The molecule has 0 aliphatic carbocycles. The third-order valence-electron chi connectivity index (χ3n) is 5.93. The molecule has 1 aromatic carbocycles. The van der Waals surface area contributed by atoms with Gasteiger partial charge in [-0.05, 0) is 69.4 Å². The molecule has 0 bridgehead atoms. The Morgan fingerprint density at radius 2 is 1.72 bits per heavy atom. The summed E-state index contributed by atoms with van der Waals surface area (Å²) in [5.41, 5.74) is 0.172. The molecule has 1 aliphatic heterocycles. The number of carbonyl (C=O) groups excluding carboxylic acids is 1. The summed E-state index contributed by atoms with van der Waals surface area (Å²) in [6.07, 6.45) is -1.57. The third kappa shape index (κ3) is 6.60. The van der Waals surface area contributed by atoms with Crippen molar-refractivity contribution in [3.8, 4) is 0 Å². The highest BCUT2D eigenvalue weighted by molar-refractivity contribution is 6.74. The first-order valence-corrected chi connectivity index (χ1v) is 13.9. The van der Waals surface area contributed by atoms with E-state index in [4.69, 9.17) is 9.16 Å². The number of hydrogen-bond donors (Lipinski definition) is 0. The number of rotatable bonds is 4. The SMILES string of the molecule is CC(C)(C)OC(=O)N1CCCC=C1c1ccc(C(F)(F)F)cc1CO[Si](C)(C)C(C)(C)C. The molecule has 0 saturated carbocycles. The predicted molar refractivity (Wildman–Crippen MR) is 124 cm³/mol. The Morgan fingerprint density at radius 3 is 2.25 bits per heavy atom. The van der Waals surface area contributed by atoms with E-state index in [2.05, 4.69) is 33.9 Å². The number of allylic oxidation sites excluding steroid dienone is 1. The highest BCUT2D eigenvalue weighted by Gasteiger charge is 2.38. The Bertz CT molecular complexity index is 865. The van der Waals surface area contributed by atoms with Crippen LogP contribution in [0.2, 0.25) is 18.1 Å². The Morgan fingerprint density at radius 1 is 1.09 bits per heavy atom. The number of nitrogens with zero attached hydrogens (tertiary/aromatic N) is 1. The number of ether oxygens (including phenoxy) is 1. The van der Waals surface area contributed by atoms with Gasteiger partial charge < -0.3 is 9.16 Å². The van der Waals surface area contributed by atoms with E-state index in [0.29, 0.717) is 23.4 Å². The summed E-state index contributed by atoms with van der Waals surface area (Å²) < 4.78 is 52.2. The summed E-state index contributed by atoms with van der Waals surface area (Å²) in [6.45, 7) is 16.2. The maximum absolute atomic E-state index is 13.5. The van der Waals surface area contributed by atoms with Crippen molar-refractivity contribution in [2.75, 3.05) is 6.54 Å². The van der Waals surface area contributed by atoms with Gasteiger partial charge in [-0.2, -0.15) is 13.2 Å². The van der Waals surface area contributed by atoms with Crippen LogP contribution >= 0.6 is 0 Å². The number of hydrogen-bond acceptors (Lipinski definition) is 3. The van der Waals surface area contributed by atoms with Crippen LogP contribution in [0.15, 0.2) is 24.3 Å². The second kappa shape index (κ2) is 9.21. The Balaban J connectivity index is 2.49. The zero-order valence-corrected chi connectivity index (χ0v) is 21.4. The van der Waals surface area contributed by atoms with Gasteiger partial charge in [0.15, 0.2) is 8.32 Å². The lowest BCUT2D eigenvalue weighted by molar-refractivity contribution is -0.137. The molecule has 1 heterocycles. The summed E-state index contributed by atoms with van der Waals surface area (Å²) in [5, 5.41) is -0.0819. The van der Waals surface area contributed by atoms with Crippen molar-refractivity contribution in [1.82, 2.24) is 4.90 Å². The number of benzene rings is 1. The first kappa shape index (κ1) is 26.4. The zero-order valence-electron chi connectivity index (χ0n) is 20.4. The predicted octanol–water partition coefficient (Wildman–Crippen LogP) is 7.60. The lowest BCUT2D eigenvalue weighted by Gasteiger charge is -2.37. The van der Waals surface area contributed by atoms with Gasteiger partial charge in [-0.1, -0.05) is 32.9 Å². The smallest absolute Gasteiger partial charge is 0.416 e. The van der Waals surface area contributed by atoms with Gasteiger partial charge in [-0.15, -0.1) is 0 Å². The minimum Gasteiger partial charge on any atom is -0.443 e. The fraction of sp³-hybridized carbons (Fsp3) is 0.625. The summed E-state index contributed by atoms with van der Waals surface area (Å²) in [6, 6.07) is 3.65. The van der Waals surface area contributed by atoms with Gasteiger partial charge >= 0.3 is 12.3 Å². The molecule has 1 amide bonds.